The molecule has 7 nitrogen and oxygen atoms in total. The summed E-state index contributed by atoms with van der Waals surface area (Å²) in [5.74, 6) is -1.33. The van der Waals surface area contributed by atoms with E-state index in [4.69, 9.17) is 0 Å². The number of hydrogen-bond donors (Lipinski definition) is 2. The number of likely N-dealkylation sites (tertiary alicyclic amines) is 1. The SMILES string of the molecule is C/C=C\c1ccc2n(c1=O)C[C@@H]1[C@@H](CO)[C@H](C(=O)Nc3ccc(-c4ccccc4)cc3)N(C(C)=O)[C@H]21. The summed E-state index contributed by atoms with van der Waals surface area (Å²) in [4.78, 5) is 40.9. The molecule has 3 heterocycles. The van der Waals surface area contributed by atoms with Crippen molar-refractivity contribution in [1.29, 1.82) is 0 Å². The number of nitrogens with zero attached hydrogens (tertiary/aromatic N) is 2. The molecule has 0 radical (unpaired) electrons. The maximum atomic E-state index is 13.5. The van der Waals surface area contributed by atoms with Crippen LogP contribution in [0.15, 0.2) is 77.6 Å². The topological polar surface area (TPSA) is 91.6 Å². The molecule has 0 aliphatic carbocycles. The minimum atomic E-state index is -0.838. The number of allylic oxidation sites excluding steroid dienone is 1. The number of aliphatic hydroxyl groups is 1. The van der Waals surface area contributed by atoms with E-state index in [1.165, 1.54) is 6.92 Å². The molecule has 3 aromatic rings. The van der Waals surface area contributed by atoms with Crippen molar-refractivity contribution in [3.63, 3.8) is 0 Å². The normalized spacial score (nSPS) is 22.5. The van der Waals surface area contributed by atoms with Gasteiger partial charge in [0.1, 0.15) is 6.04 Å². The molecule has 2 aliphatic heterocycles. The molecule has 2 aromatic carbocycles. The average Bonchev–Trinajstić information content (AvgIpc) is 3.42. The lowest BCUT2D eigenvalue weighted by Crippen LogP contribution is -2.47. The molecule has 2 aliphatic rings. The van der Waals surface area contributed by atoms with Gasteiger partial charge in [-0.3, -0.25) is 14.4 Å². The Hall–Kier alpha value is -3.97. The van der Waals surface area contributed by atoms with Gasteiger partial charge in [0, 0.05) is 48.9 Å². The summed E-state index contributed by atoms with van der Waals surface area (Å²) in [7, 11) is 0. The van der Waals surface area contributed by atoms with Crippen molar-refractivity contribution in [2.24, 2.45) is 11.8 Å². The smallest absolute Gasteiger partial charge is 0.258 e. The predicted molar refractivity (Wildman–Crippen MR) is 139 cm³/mol. The van der Waals surface area contributed by atoms with Gasteiger partial charge in [0.15, 0.2) is 0 Å². The number of benzene rings is 2. The fourth-order valence-electron chi connectivity index (χ4n) is 5.76. The molecular formula is C29H29N3O4. The van der Waals surface area contributed by atoms with Gasteiger partial charge >= 0.3 is 0 Å². The quantitative estimate of drug-likeness (QED) is 0.579. The van der Waals surface area contributed by atoms with Gasteiger partial charge in [0.05, 0.1) is 6.04 Å². The monoisotopic (exact) mass is 483 g/mol. The first-order valence-corrected chi connectivity index (χ1v) is 12.2. The zero-order valence-corrected chi connectivity index (χ0v) is 20.3. The highest BCUT2D eigenvalue weighted by atomic mass is 16.3. The van der Waals surface area contributed by atoms with Gasteiger partial charge in [-0.2, -0.15) is 0 Å². The van der Waals surface area contributed by atoms with Crippen molar-refractivity contribution >= 4 is 23.6 Å². The minimum absolute atomic E-state index is 0.125. The molecule has 2 amide bonds. The third-order valence-electron chi connectivity index (χ3n) is 7.34. The summed E-state index contributed by atoms with van der Waals surface area (Å²) in [5.41, 5.74) is 3.87. The highest BCUT2D eigenvalue weighted by Gasteiger charge is 2.56. The Morgan fingerprint density at radius 1 is 1.03 bits per heavy atom. The van der Waals surface area contributed by atoms with E-state index in [9.17, 15) is 19.5 Å². The van der Waals surface area contributed by atoms with Crippen LogP contribution < -0.4 is 10.9 Å². The standard InChI is InChI=1S/C29H29N3O4/c1-3-7-21-12-15-25-26-23(16-31(25)29(21)36)24(17-33)27(32(26)18(2)34)28(35)30-22-13-10-20(11-14-22)19-8-5-4-6-9-19/h3-15,23-24,26-27,33H,16-17H2,1-2H3,(H,30,35)/b7-3-/t23-,24-,26+,27-/m1/s1. The van der Waals surface area contributed by atoms with Gasteiger partial charge in [0.2, 0.25) is 11.8 Å². The first kappa shape index (κ1) is 23.8. The fourth-order valence-corrected chi connectivity index (χ4v) is 5.76. The van der Waals surface area contributed by atoms with Crippen LogP contribution in [0.3, 0.4) is 0 Å². The molecule has 0 spiro atoms. The van der Waals surface area contributed by atoms with Gasteiger partial charge in [0.25, 0.3) is 5.56 Å². The summed E-state index contributed by atoms with van der Waals surface area (Å²) in [5, 5.41) is 13.3. The Morgan fingerprint density at radius 3 is 2.36 bits per heavy atom. The lowest BCUT2D eigenvalue weighted by molar-refractivity contribution is -0.138. The maximum absolute atomic E-state index is 13.5. The molecule has 2 N–H and O–H groups in total. The molecule has 1 fully saturated rings. The van der Waals surface area contributed by atoms with Crippen LogP contribution in [0.4, 0.5) is 5.69 Å². The van der Waals surface area contributed by atoms with Crippen molar-refractivity contribution in [3.8, 4) is 11.1 Å². The van der Waals surface area contributed by atoms with Crippen molar-refractivity contribution < 1.29 is 14.7 Å². The number of rotatable bonds is 5. The molecule has 0 saturated carbocycles. The van der Waals surface area contributed by atoms with E-state index in [1.54, 1.807) is 21.6 Å². The number of aliphatic hydroxyl groups excluding tert-OH is 1. The lowest BCUT2D eigenvalue weighted by atomic mass is 9.88. The van der Waals surface area contributed by atoms with E-state index < -0.39 is 18.0 Å². The zero-order valence-electron chi connectivity index (χ0n) is 20.3. The fraction of sp³-hybridized carbons (Fsp3) is 0.276. The van der Waals surface area contributed by atoms with Gasteiger partial charge < -0.3 is 19.9 Å². The van der Waals surface area contributed by atoms with Crippen molar-refractivity contribution in [2.75, 3.05) is 11.9 Å². The molecule has 4 atom stereocenters. The summed E-state index contributed by atoms with van der Waals surface area (Å²) < 4.78 is 1.68. The van der Waals surface area contributed by atoms with Crippen LogP contribution >= 0.6 is 0 Å². The second kappa shape index (κ2) is 9.59. The van der Waals surface area contributed by atoms with E-state index in [-0.39, 0.29) is 29.9 Å². The molecule has 7 heteroatoms. The summed E-state index contributed by atoms with van der Waals surface area (Å²) in [6, 6.07) is 19.8. The van der Waals surface area contributed by atoms with Crippen LogP contribution in [0.2, 0.25) is 0 Å². The minimum Gasteiger partial charge on any atom is -0.396 e. The Kier molecular flexibility index (Phi) is 6.33. The van der Waals surface area contributed by atoms with E-state index in [0.29, 0.717) is 23.5 Å². The molecular weight excluding hydrogens is 454 g/mol. The third kappa shape index (κ3) is 3.95. The number of carbonyl (C=O) groups excluding carboxylic acids is 2. The van der Waals surface area contributed by atoms with E-state index >= 15 is 0 Å². The largest absolute Gasteiger partial charge is 0.396 e. The second-order valence-electron chi connectivity index (χ2n) is 9.39. The highest BCUT2D eigenvalue weighted by molar-refractivity contribution is 5.98. The first-order chi connectivity index (χ1) is 17.4. The Labute approximate surface area is 209 Å². The average molecular weight is 484 g/mol. The van der Waals surface area contributed by atoms with E-state index in [1.807, 2.05) is 73.7 Å². The third-order valence-corrected chi connectivity index (χ3v) is 7.34. The van der Waals surface area contributed by atoms with Gasteiger partial charge in [-0.05, 0) is 42.3 Å². The molecule has 0 bridgehead atoms. The molecule has 0 unspecified atom stereocenters. The number of anilines is 1. The Bertz CT molecular complexity index is 1380. The van der Waals surface area contributed by atoms with Crippen LogP contribution in [0.1, 0.15) is 31.1 Å². The number of nitrogens with one attached hydrogen (secondary N) is 1. The number of carbonyl (C=O) groups is 2. The number of pyridine rings is 1. The summed E-state index contributed by atoms with van der Waals surface area (Å²) in [6.07, 6.45) is 3.57. The Morgan fingerprint density at radius 2 is 1.72 bits per heavy atom. The van der Waals surface area contributed by atoms with Crippen LogP contribution in [0, 0.1) is 11.8 Å². The van der Waals surface area contributed by atoms with Gasteiger partial charge in [-0.15, -0.1) is 0 Å². The zero-order chi connectivity index (χ0) is 25.4. The summed E-state index contributed by atoms with van der Waals surface area (Å²) >= 11 is 0. The maximum Gasteiger partial charge on any atom is 0.258 e. The first-order valence-electron chi connectivity index (χ1n) is 12.2. The second-order valence-corrected chi connectivity index (χ2v) is 9.39. The highest BCUT2D eigenvalue weighted by Crippen LogP contribution is 2.49. The van der Waals surface area contributed by atoms with Crippen molar-refractivity contribution in [1.82, 2.24) is 9.47 Å². The molecule has 36 heavy (non-hydrogen) atoms. The number of hydrogen-bond acceptors (Lipinski definition) is 4. The van der Waals surface area contributed by atoms with Gasteiger partial charge in [-0.1, -0.05) is 54.6 Å². The number of aromatic nitrogens is 1. The van der Waals surface area contributed by atoms with Crippen molar-refractivity contribution in [3.05, 3.63) is 94.4 Å². The van der Waals surface area contributed by atoms with Crippen LogP contribution in [0.25, 0.3) is 17.2 Å². The van der Waals surface area contributed by atoms with E-state index in [0.717, 1.165) is 11.1 Å². The predicted octanol–water partition coefficient (Wildman–Crippen LogP) is 3.70. The van der Waals surface area contributed by atoms with Crippen LogP contribution in [-0.4, -0.2) is 39.0 Å². The lowest BCUT2D eigenvalue weighted by Gasteiger charge is -2.30. The summed E-state index contributed by atoms with van der Waals surface area (Å²) in [6.45, 7) is 3.37. The number of amides is 2. The molecule has 184 valence electrons. The van der Waals surface area contributed by atoms with E-state index in [2.05, 4.69) is 5.32 Å². The number of fused-ring (bicyclic) bond motifs is 3. The van der Waals surface area contributed by atoms with Crippen LogP contribution in [0.5, 0.6) is 0 Å². The van der Waals surface area contributed by atoms with Crippen molar-refractivity contribution in [2.45, 2.75) is 32.5 Å². The Balaban J connectivity index is 1.44. The molecule has 5 rings (SSSR count). The van der Waals surface area contributed by atoms with Crippen LogP contribution in [-0.2, 0) is 16.1 Å². The molecule has 1 saturated heterocycles. The molecule has 1 aromatic heterocycles. The van der Waals surface area contributed by atoms with Gasteiger partial charge in [-0.25, -0.2) is 0 Å².